The van der Waals surface area contributed by atoms with E-state index in [9.17, 15) is 9.59 Å². The molecule has 0 aromatic carbocycles. The van der Waals surface area contributed by atoms with Crippen LogP contribution < -0.4 is 10.6 Å². The van der Waals surface area contributed by atoms with E-state index in [1.807, 2.05) is 7.05 Å². The van der Waals surface area contributed by atoms with Crippen LogP contribution in [0.1, 0.15) is 26.2 Å². The minimum atomic E-state index is -0.977. The monoisotopic (exact) mass is 257 g/mol. The standard InChI is InChI=1S/C12H23N3O3/c1-3-10(11(16)17)14-12(18)15-6-4-5-9(8-15)7-13-2/h9-10,13H,3-8H2,1-2H3,(H,14,18)(H,16,17). The van der Waals surface area contributed by atoms with E-state index in [4.69, 9.17) is 5.11 Å². The van der Waals surface area contributed by atoms with Crippen molar-refractivity contribution in [3.05, 3.63) is 0 Å². The van der Waals surface area contributed by atoms with Gasteiger partial charge in [0.25, 0.3) is 0 Å². The van der Waals surface area contributed by atoms with Gasteiger partial charge in [0, 0.05) is 13.1 Å². The van der Waals surface area contributed by atoms with Gasteiger partial charge in [-0.2, -0.15) is 0 Å². The number of piperidine rings is 1. The highest BCUT2D eigenvalue weighted by Crippen LogP contribution is 2.15. The van der Waals surface area contributed by atoms with Crippen LogP contribution in [0.25, 0.3) is 0 Å². The lowest BCUT2D eigenvalue weighted by atomic mass is 9.98. The molecule has 1 heterocycles. The number of nitrogens with one attached hydrogen (secondary N) is 2. The largest absolute Gasteiger partial charge is 0.480 e. The molecule has 1 fully saturated rings. The van der Waals surface area contributed by atoms with E-state index in [1.54, 1.807) is 11.8 Å². The third-order valence-electron chi connectivity index (χ3n) is 3.30. The van der Waals surface area contributed by atoms with Crippen LogP contribution >= 0.6 is 0 Å². The van der Waals surface area contributed by atoms with Gasteiger partial charge in [-0.3, -0.25) is 0 Å². The molecule has 1 aliphatic rings. The molecule has 18 heavy (non-hydrogen) atoms. The van der Waals surface area contributed by atoms with Crippen molar-refractivity contribution in [2.24, 2.45) is 5.92 Å². The zero-order valence-corrected chi connectivity index (χ0v) is 11.1. The van der Waals surface area contributed by atoms with Gasteiger partial charge >= 0.3 is 12.0 Å². The topological polar surface area (TPSA) is 81.7 Å². The Morgan fingerprint density at radius 3 is 2.78 bits per heavy atom. The number of likely N-dealkylation sites (tertiary alicyclic amines) is 1. The normalized spacial score (nSPS) is 21.4. The molecule has 0 radical (unpaired) electrons. The molecule has 0 aromatic rings. The van der Waals surface area contributed by atoms with Crippen molar-refractivity contribution in [2.75, 3.05) is 26.7 Å². The van der Waals surface area contributed by atoms with E-state index in [2.05, 4.69) is 10.6 Å². The summed E-state index contributed by atoms with van der Waals surface area (Å²) < 4.78 is 0. The zero-order valence-electron chi connectivity index (χ0n) is 11.1. The lowest BCUT2D eigenvalue weighted by Crippen LogP contribution is -2.51. The van der Waals surface area contributed by atoms with E-state index in [0.29, 0.717) is 25.4 Å². The maximum Gasteiger partial charge on any atom is 0.326 e. The molecule has 2 amide bonds. The molecular weight excluding hydrogens is 234 g/mol. The number of carboxylic acids is 1. The first-order valence-electron chi connectivity index (χ1n) is 6.51. The van der Waals surface area contributed by atoms with Gasteiger partial charge < -0.3 is 20.6 Å². The number of carboxylic acid groups (broad SMARTS) is 1. The molecule has 0 bridgehead atoms. The first kappa shape index (κ1) is 14.8. The van der Waals surface area contributed by atoms with Crippen LogP contribution in [-0.4, -0.2) is 54.7 Å². The SMILES string of the molecule is CCC(NC(=O)N1CCCC(CNC)C1)C(=O)O. The molecule has 2 unspecified atom stereocenters. The molecule has 0 saturated carbocycles. The Bertz CT molecular complexity index is 294. The Labute approximate surface area is 108 Å². The van der Waals surface area contributed by atoms with Crippen LogP contribution in [0.15, 0.2) is 0 Å². The second-order valence-electron chi connectivity index (χ2n) is 4.76. The predicted molar refractivity (Wildman–Crippen MR) is 68.5 cm³/mol. The molecule has 6 nitrogen and oxygen atoms in total. The van der Waals surface area contributed by atoms with Gasteiger partial charge in [0.05, 0.1) is 0 Å². The Kier molecular flexibility index (Phi) is 5.91. The van der Waals surface area contributed by atoms with Gasteiger partial charge in [-0.25, -0.2) is 9.59 Å². The summed E-state index contributed by atoms with van der Waals surface area (Å²) in [5, 5.41) is 14.6. The highest BCUT2D eigenvalue weighted by atomic mass is 16.4. The second kappa shape index (κ2) is 7.20. The molecule has 6 heteroatoms. The van der Waals surface area contributed by atoms with Crippen molar-refractivity contribution in [2.45, 2.75) is 32.2 Å². The Morgan fingerprint density at radius 2 is 2.22 bits per heavy atom. The number of hydrogen-bond donors (Lipinski definition) is 3. The first-order chi connectivity index (χ1) is 8.58. The quantitative estimate of drug-likeness (QED) is 0.669. The van der Waals surface area contributed by atoms with E-state index < -0.39 is 12.0 Å². The average Bonchev–Trinajstić information content (AvgIpc) is 2.36. The minimum absolute atomic E-state index is 0.259. The maximum absolute atomic E-state index is 12.0. The lowest BCUT2D eigenvalue weighted by molar-refractivity contribution is -0.139. The van der Waals surface area contributed by atoms with E-state index in [-0.39, 0.29) is 6.03 Å². The molecule has 2 atom stereocenters. The van der Waals surface area contributed by atoms with Crippen molar-refractivity contribution in [1.29, 1.82) is 0 Å². The van der Waals surface area contributed by atoms with Crippen molar-refractivity contribution in [1.82, 2.24) is 15.5 Å². The van der Waals surface area contributed by atoms with E-state index >= 15 is 0 Å². The van der Waals surface area contributed by atoms with E-state index in [0.717, 1.165) is 19.4 Å². The number of carbonyl (C=O) groups is 2. The first-order valence-corrected chi connectivity index (χ1v) is 6.51. The van der Waals surface area contributed by atoms with Gasteiger partial charge in [0.15, 0.2) is 0 Å². The molecule has 104 valence electrons. The van der Waals surface area contributed by atoms with Crippen LogP contribution in [0.2, 0.25) is 0 Å². The number of urea groups is 1. The summed E-state index contributed by atoms with van der Waals surface area (Å²) in [6.45, 7) is 4.05. The van der Waals surface area contributed by atoms with Crippen LogP contribution in [0.4, 0.5) is 4.79 Å². The Hall–Kier alpha value is -1.30. The van der Waals surface area contributed by atoms with Gasteiger partial charge in [0.1, 0.15) is 6.04 Å². The van der Waals surface area contributed by atoms with Crippen molar-refractivity contribution in [3.63, 3.8) is 0 Å². The third kappa shape index (κ3) is 4.18. The van der Waals surface area contributed by atoms with Crippen molar-refractivity contribution >= 4 is 12.0 Å². The number of aliphatic carboxylic acids is 1. The fraction of sp³-hybridized carbons (Fsp3) is 0.833. The highest BCUT2D eigenvalue weighted by molar-refractivity contribution is 5.82. The Balaban J connectivity index is 2.47. The summed E-state index contributed by atoms with van der Waals surface area (Å²) in [4.78, 5) is 24.5. The molecule has 3 N–H and O–H groups in total. The maximum atomic E-state index is 12.0. The van der Waals surface area contributed by atoms with Crippen molar-refractivity contribution < 1.29 is 14.7 Å². The van der Waals surface area contributed by atoms with Gasteiger partial charge in [-0.05, 0) is 38.8 Å². The minimum Gasteiger partial charge on any atom is -0.480 e. The van der Waals surface area contributed by atoms with Crippen LogP contribution in [0, 0.1) is 5.92 Å². The molecule has 0 aliphatic carbocycles. The number of amides is 2. The lowest BCUT2D eigenvalue weighted by Gasteiger charge is -2.33. The zero-order chi connectivity index (χ0) is 13.5. The van der Waals surface area contributed by atoms with Crippen LogP contribution in [0.5, 0.6) is 0 Å². The number of rotatable bonds is 5. The average molecular weight is 257 g/mol. The van der Waals surface area contributed by atoms with Gasteiger partial charge in [0.2, 0.25) is 0 Å². The molecule has 1 rings (SSSR count). The van der Waals surface area contributed by atoms with E-state index in [1.165, 1.54) is 0 Å². The predicted octanol–water partition coefficient (Wildman–Crippen LogP) is 0.491. The summed E-state index contributed by atoms with van der Waals surface area (Å²) in [7, 11) is 1.90. The Morgan fingerprint density at radius 1 is 1.50 bits per heavy atom. The number of hydrogen-bond acceptors (Lipinski definition) is 3. The van der Waals surface area contributed by atoms with Gasteiger partial charge in [-0.1, -0.05) is 6.92 Å². The highest BCUT2D eigenvalue weighted by Gasteiger charge is 2.26. The summed E-state index contributed by atoms with van der Waals surface area (Å²) >= 11 is 0. The van der Waals surface area contributed by atoms with Crippen LogP contribution in [-0.2, 0) is 4.79 Å². The van der Waals surface area contributed by atoms with Crippen LogP contribution in [0.3, 0.4) is 0 Å². The fourth-order valence-electron chi connectivity index (χ4n) is 2.28. The fourth-order valence-corrected chi connectivity index (χ4v) is 2.28. The molecule has 0 aromatic heterocycles. The number of nitrogens with zero attached hydrogens (tertiary/aromatic N) is 1. The molecule has 1 saturated heterocycles. The van der Waals surface area contributed by atoms with Crippen molar-refractivity contribution in [3.8, 4) is 0 Å². The summed E-state index contributed by atoms with van der Waals surface area (Å²) in [5.74, 6) is -0.519. The smallest absolute Gasteiger partial charge is 0.326 e. The molecular formula is C12H23N3O3. The summed E-state index contributed by atoms with van der Waals surface area (Å²) in [6.07, 6.45) is 2.49. The molecule has 0 spiro atoms. The summed E-state index contributed by atoms with van der Waals surface area (Å²) in [6, 6.07) is -1.05. The third-order valence-corrected chi connectivity index (χ3v) is 3.30. The number of carbonyl (C=O) groups excluding carboxylic acids is 1. The van der Waals surface area contributed by atoms with Gasteiger partial charge in [-0.15, -0.1) is 0 Å². The summed E-state index contributed by atoms with van der Waals surface area (Å²) in [5.41, 5.74) is 0. The second-order valence-corrected chi connectivity index (χ2v) is 4.76. The molecule has 1 aliphatic heterocycles.